The molecule has 0 spiro atoms. The van der Waals surface area contributed by atoms with Gasteiger partial charge in [-0.25, -0.2) is 4.99 Å². The molecular formula is C28H29N5O2. The summed E-state index contributed by atoms with van der Waals surface area (Å²) in [5.41, 5.74) is 6.88. The molecule has 0 bridgehead atoms. The largest absolute Gasteiger partial charge is 0.494 e. The number of aromatic nitrogens is 1. The second kappa shape index (κ2) is 10.2. The summed E-state index contributed by atoms with van der Waals surface area (Å²) in [6, 6.07) is 18.0. The Kier molecular flexibility index (Phi) is 6.68. The molecule has 3 aromatic rings. The number of rotatable bonds is 8. The number of pyridine rings is 1. The molecule has 2 aromatic carbocycles. The third kappa shape index (κ3) is 5.00. The summed E-state index contributed by atoms with van der Waals surface area (Å²) in [7, 11) is 4.13. The van der Waals surface area contributed by atoms with Crippen molar-refractivity contribution in [1.29, 1.82) is 0 Å². The highest BCUT2D eigenvalue weighted by Crippen LogP contribution is 2.33. The van der Waals surface area contributed by atoms with Crippen LogP contribution in [0, 0.1) is 0 Å². The van der Waals surface area contributed by atoms with Crippen LogP contribution < -0.4 is 4.74 Å². The molecule has 0 radical (unpaired) electrons. The van der Waals surface area contributed by atoms with Crippen LogP contribution in [0.25, 0.3) is 0 Å². The Morgan fingerprint density at radius 3 is 2.54 bits per heavy atom. The number of fused-ring (bicyclic) bond motifs is 1. The van der Waals surface area contributed by atoms with Crippen molar-refractivity contribution in [1.82, 2.24) is 9.88 Å². The van der Waals surface area contributed by atoms with Gasteiger partial charge in [-0.1, -0.05) is 23.4 Å². The van der Waals surface area contributed by atoms with Crippen LogP contribution in [0.4, 0.5) is 0 Å². The summed E-state index contributed by atoms with van der Waals surface area (Å²) in [6.07, 6.45) is 6.16. The van der Waals surface area contributed by atoms with Crippen LogP contribution in [0.5, 0.6) is 5.75 Å². The summed E-state index contributed by atoms with van der Waals surface area (Å²) in [4.78, 5) is 16.3. The average Bonchev–Trinajstić information content (AvgIpc) is 3.51. The maximum absolute atomic E-state index is 9.28. The molecule has 0 fully saturated rings. The van der Waals surface area contributed by atoms with E-state index in [9.17, 15) is 5.21 Å². The Bertz CT molecular complexity index is 1280. The number of oxime groups is 1. The number of benzene rings is 2. The van der Waals surface area contributed by atoms with Gasteiger partial charge in [0.1, 0.15) is 11.8 Å². The van der Waals surface area contributed by atoms with E-state index in [4.69, 9.17) is 14.7 Å². The van der Waals surface area contributed by atoms with Crippen molar-refractivity contribution in [3.05, 3.63) is 94.8 Å². The van der Waals surface area contributed by atoms with Gasteiger partial charge in [0.2, 0.25) is 0 Å². The topological polar surface area (TPSA) is 82.7 Å². The van der Waals surface area contributed by atoms with Gasteiger partial charge < -0.3 is 14.8 Å². The molecule has 35 heavy (non-hydrogen) atoms. The number of hydrogen-bond acceptors (Lipinski definition) is 7. The first-order chi connectivity index (χ1) is 17.1. The van der Waals surface area contributed by atoms with Crippen molar-refractivity contribution in [3.63, 3.8) is 0 Å². The number of ether oxygens (including phenoxy) is 1. The minimum absolute atomic E-state index is 0.213. The molecular weight excluding hydrogens is 438 g/mol. The van der Waals surface area contributed by atoms with E-state index in [-0.39, 0.29) is 6.04 Å². The lowest BCUT2D eigenvalue weighted by atomic mass is 9.95. The van der Waals surface area contributed by atoms with Gasteiger partial charge in [-0.15, -0.1) is 0 Å². The van der Waals surface area contributed by atoms with Crippen molar-refractivity contribution in [3.8, 4) is 5.75 Å². The predicted octanol–water partition coefficient (Wildman–Crippen LogP) is 4.53. The summed E-state index contributed by atoms with van der Waals surface area (Å²) in [5.74, 6) is 1.56. The van der Waals surface area contributed by atoms with Crippen molar-refractivity contribution in [2.24, 2.45) is 15.1 Å². The third-order valence-corrected chi connectivity index (χ3v) is 6.35. The molecule has 1 unspecified atom stereocenters. The second-order valence-corrected chi connectivity index (χ2v) is 9.08. The minimum atomic E-state index is -0.213. The quantitative estimate of drug-likeness (QED) is 0.300. The molecule has 0 amide bonds. The average molecular weight is 468 g/mol. The first-order valence-electron chi connectivity index (χ1n) is 11.9. The number of aliphatic imine (C=N–C) groups is 2. The summed E-state index contributed by atoms with van der Waals surface area (Å²) < 4.78 is 5.88. The lowest BCUT2D eigenvalue weighted by Gasteiger charge is -2.13. The molecule has 7 heteroatoms. The first-order valence-corrected chi connectivity index (χ1v) is 11.9. The van der Waals surface area contributed by atoms with Gasteiger partial charge in [0.05, 0.1) is 18.0 Å². The van der Waals surface area contributed by atoms with Gasteiger partial charge >= 0.3 is 0 Å². The fourth-order valence-electron chi connectivity index (χ4n) is 4.54. The zero-order chi connectivity index (χ0) is 24.2. The number of nitrogens with zero attached hydrogens (tertiary/aromatic N) is 5. The maximum Gasteiger partial charge on any atom is 0.155 e. The highest BCUT2D eigenvalue weighted by Gasteiger charge is 2.28. The third-order valence-electron chi connectivity index (χ3n) is 6.35. The van der Waals surface area contributed by atoms with E-state index in [2.05, 4.69) is 41.3 Å². The highest BCUT2D eigenvalue weighted by atomic mass is 16.5. The van der Waals surface area contributed by atoms with E-state index in [0.29, 0.717) is 12.4 Å². The molecule has 1 aliphatic carbocycles. The fraction of sp³-hybridized carbons (Fsp3) is 0.286. The highest BCUT2D eigenvalue weighted by molar-refractivity contribution is 6.19. The zero-order valence-electron chi connectivity index (χ0n) is 20.1. The number of aryl methyl sites for hydroxylation is 1. The molecule has 178 valence electrons. The maximum atomic E-state index is 9.28. The zero-order valence-corrected chi connectivity index (χ0v) is 20.1. The first kappa shape index (κ1) is 22.9. The minimum Gasteiger partial charge on any atom is -0.494 e. The van der Waals surface area contributed by atoms with E-state index in [1.54, 1.807) is 12.4 Å². The van der Waals surface area contributed by atoms with Gasteiger partial charge in [-0.05, 0) is 80.9 Å². The number of hydrogen-bond donors (Lipinski definition) is 1. The van der Waals surface area contributed by atoms with Gasteiger partial charge in [-0.3, -0.25) is 9.98 Å². The summed E-state index contributed by atoms with van der Waals surface area (Å²) in [5, 5.41) is 12.7. The Hall–Kier alpha value is -3.84. The van der Waals surface area contributed by atoms with Gasteiger partial charge in [0, 0.05) is 35.6 Å². The van der Waals surface area contributed by atoms with Gasteiger partial charge in [0.15, 0.2) is 5.84 Å². The van der Waals surface area contributed by atoms with E-state index in [1.807, 2.05) is 42.5 Å². The van der Waals surface area contributed by atoms with Crippen molar-refractivity contribution < 1.29 is 9.94 Å². The molecule has 2 heterocycles. The Morgan fingerprint density at radius 1 is 1.00 bits per heavy atom. The molecule has 1 N–H and O–H groups in total. The van der Waals surface area contributed by atoms with Crippen LogP contribution in [0.2, 0.25) is 0 Å². The van der Waals surface area contributed by atoms with E-state index in [1.165, 1.54) is 5.56 Å². The molecule has 0 saturated carbocycles. The second-order valence-electron chi connectivity index (χ2n) is 9.08. The van der Waals surface area contributed by atoms with Crippen molar-refractivity contribution in [2.75, 3.05) is 27.2 Å². The van der Waals surface area contributed by atoms with Crippen LogP contribution in [0.15, 0.2) is 82.1 Å². The van der Waals surface area contributed by atoms with Gasteiger partial charge in [-0.2, -0.15) is 0 Å². The molecule has 0 saturated heterocycles. The standard InChI is InChI=1S/C28H29N5O2/c1-33(2)16-3-17-35-23-8-4-20(5-9-23)28-30-26(19-12-14-29-15-13-19)27(31-28)22-6-10-24-21(18-22)7-11-25(24)32-34/h4-6,8-10,12-15,18,27,34H,3,7,11,16-17H2,1-2H3/b32-25+. The normalized spacial score (nSPS) is 18.0. The monoisotopic (exact) mass is 467 g/mol. The lowest BCUT2D eigenvalue weighted by molar-refractivity contribution is 0.281. The van der Waals surface area contributed by atoms with Gasteiger partial charge in [0.25, 0.3) is 0 Å². The van der Waals surface area contributed by atoms with E-state index in [0.717, 1.165) is 65.2 Å². The molecule has 2 aliphatic rings. The van der Waals surface area contributed by atoms with Crippen LogP contribution in [-0.2, 0) is 6.42 Å². The van der Waals surface area contributed by atoms with Crippen molar-refractivity contribution >= 4 is 17.3 Å². The van der Waals surface area contributed by atoms with E-state index < -0.39 is 0 Å². The van der Waals surface area contributed by atoms with Crippen LogP contribution in [0.1, 0.15) is 46.7 Å². The SMILES string of the molecule is CN(C)CCCOc1ccc(C2=NC(c3ccc4c(c3)CC/C4=N\O)C(c3ccncc3)=N2)cc1. The van der Waals surface area contributed by atoms with Crippen LogP contribution >= 0.6 is 0 Å². The molecule has 7 nitrogen and oxygen atoms in total. The summed E-state index contributed by atoms with van der Waals surface area (Å²) >= 11 is 0. The lowest BCUT2D eigenvalue weighted by Crippen LogP contribution is -2.15. The molecule has 1 aliphatic heterocycles. The Morgan fingerprint density at radius 2 is 1.80 bits per heavy atom. The summed E-state index contributed by atoms with van der Waals surface area (Å²) in [6.45, 7) is 1.69. The fourth-order valence-corrected chi connectivity index (χ4v) is 4.54. The van der Waals surface area contributed by atoms with E-state index >= 15 is 0 Å². The van der Waals surface area contributed by atoms with Crippen LogP contribution in [-0.4, -0.2) is 59.6 Å². The Balaban J connectivity index is 1.41. The van der Waals surface area contributed by atoms with Crippen LogP contribution in [0.3, 0.4) is 0 Å². The number of amidine groups is 1. The predicted molar refractivity (Wildman–Crippen MR) is 138 cm³/mol. The molecule has 5 rings (SSSR count). The molecule has 1 aromatic heterocycles. The smallest absolute Gasteiger partial charge is 0.155 e. The molecule has 1 atom stereocenters. The Labute approximate surface area is 205 Å². The van der Waals surface area contributed by atoms with Crippen molar-refractivity contribution in [2.45, 2.75) is 25.3 Å².